The SMILES string of the molecule is CC[C@@H](C(=O)NC(C)C)N(Cc1cccc(C)c1)C(=O)CN(c1c(C)cccc1C)S(C)(=O)=O. The van der Waals surface area contributed by atoms with Gasteiger partial charge in [0.05, 0.1) is 11.9 Å². The lowest BCUT2D eigenvalue weighted by Crippen LogP contribution is -2.53. The Labute approximate surface area is 204 Å². The van der Waals surface area contributed by atoms with Gasteiger partial charge in [0.1, 0.15) is 12.6 Å². The minimum Gasteiger partial charge on any atom is -0.352 e. The third-order valence-electron chi connectivity index (χ3n) is 5.62. The molecule has 2 amide bonds. The van der Waals surface area contributed by atoms with Crippen LogP contribution in [-0.4, -0.2) is 50.0 Å². The second-order valence-corrected chi connectivity index (χ2v) is 11.0. The molecule has 2 aromatic rings. The lowest BCUT2D eigenvalue weighted by atomic mass is 10.1. The Kier molecular flexibility index (Phi) is 9.27. The Morgan fingerprint density at radius 2 is 1.59 bits per heavy atom. The highest BCUT2D eigenvalue weighted by molar-refractivity contribution is 7.92. The van der Waals surface area contributed by atoms with E-state index in [0.29, 0.717) is 12.1 Å². The summed E-state index contributed by atoms with van der Waals surface area (Å²) in [5.74, 6) is -0.683. The van der Waals surface area contributed by atoms with Crippen molar-refractivity contribution in [1.29, 1.82) is 0 Å². The Balaban J connectivity index is 2.50. The van der Waals surface area contributed by atoms with E-state index in [4.69, 9.17) is 0 Å². The molecule has 186 valence electrons. The Morgan fingerprint density at radius 3 is 2.09 bits per heavy atom. The van der Waals surface area contributed by atoms with E-state index in [-0.39, 0.29) is 25.0 Å². The van der Waals surface area contributed by atoms with E-state index in [9.17, 15) is 18.0 Å². The lowest BCUT2D eigenvalue weighted by molar-refractivity contribution is -0.140. The molecular weight excluding hydrogens is 450 g/mol. The first-order valence-electron chi connectivity index (χ1n) is 11.5. The summed E-state index contributed by atoms with van der Waals surface area (Å²) in [6, 6.07) is 12.4. The van der Waals surface area contributed by atoms with Crippen LogP contribution in [0, 0.1) is 20.8 Å². The van der Waals surface area contributed by atoms with Crippen molar-refractivity contribution in [1.82, 2.24) is 10.2 Å². The maximum atomic E-state index is 13.7. The fourth-order valence-corrected chi connectivity index (χ4v) is 5.05. The molecule has 0 spiro atoms. The summed E-state index contributed by atoms with van der Waals surface area (Å²) in [4.78, 5) is 28.2. The van der Waals surface area contributed by atoms with Gasteiger partial charge in [0.2, 0.25) is 21.8 Å². The second kappa shape index (κ2) is 11.5. The zero-order chi connectivity index (χ0) is 25.6. The monoisotopic (exact) mass is 487 g/mol. The van der Waals surface area contributed by atoms with Crippen LogP contribution in [0.25, 0.3) is 0 Å². The van der Waals surface area contributed by atoms with Gasteiger partial charge in [-0.1, -0.05) is 55.0 Å². The van der Waals surface area contributed by atoms with Crippen LogP contribution >= 0.6 is 0 Å². The van der Waals surface area contributed by atoms with Crippen LogP contribution in [0.3, 0.4) is 0 Å². The van der Waals surface area contributed by atoms with Gasteiger partial charge < -0.3 is 10.2 Å². The molecule has 8 heteroatoms. The van der Waals surface area contributed by atoms with Crippen LogP contribution in [-0.2, 0) is 26.2 Å². The third kappa shape index (κ3) is 7.06. The van der Waals surface area contributed by atoms with Crippen molar-refractivity contribution >= 4 is 27.5 Å². The lowest BCUT2D eigenvalue weighted by Gasteiger charge is -2.34. The zero-order valence-corrected chi connectivity index (χ0v) is 22.1. The average molecular weight is 488 g/mol. The molecule has 0 aromatic heterocycles. The number of nitrogens with zero attached hydrogens (tertiary/aromatic N) is 2. The molecule has 2 rings (SSSR count). The van der Waals surface area contributed by atoms with E-state index >= 15 is 0 Å². The molecule has 0 saturated carbocycles. The van der Waals surface area contributed by atoms with Crippen LogP contribution in [0.2, 0.25) is 0 Å². The number of carbonyl (C=O) groups is 2. The number of para-hydroxylation sites is 1. The molecule has 0 heterocycles. The number of aryl methyl sites for hydroxylation is 3. The first-order chi connectivity index (χ1) is 15.8. The minimum atomic E-state index is -3.76. The van der Waals surface area contributed by atoms with Crippen molar-refractivity contribution in [3.05, 3.63) is 64.7 Å². The summed E-state index contributed by atoms with van der Waals surface area (Å²) in [6.45, 7) is 11.0. The zero-order valence-electron chi connectivity index (χ0n) is 21.3. The van der Waals surface area contributed by atoms with E-state index in [0.717, 1.165) is 32.8 Å². The number of anilines is 1. The molecule has 0 aliphatic rings. The molecule has 7 nitrogen and oxygen atoms in total. The molecule has 1 N–H and O–H groups in total. The van der Waals surface area contributed by atoms with Gasteiger partial charge in [-0.3, -0.25) is 13.9 Å². The molecule has 0 unspecified atom stereocenters. The summed E-state index contributed by atoms with van der Waals surface area (Å²) in [7, 11) is -3.76. The molecule has 0 fully saturated rings. The van der Waals surface area contributed by atoms with Crippen molar-refractivity contribution in [3.8, 4) is 0 Å². The van der Waals surface area contributed by atoms with Crippen LogP contribution in [0.1, 0.15) is 49.4 Å². The van der Waals surface area contributed by atoms with Crippen molar-refractivity contribution in [2.75, 3.05) is 17.1 Å². The Bertz CT molecular complexity index is 1110. The molecule has 2 aromatic carbocycles. The second-order valence-electron chi connectivity index (χ2n) is 9.11. The predicted octanol–water partition coefficient (Wildman–Crippen LogP) is 3.71. The fourth-order valence-electron chi connectivity index (χ4n) is 4.08. The number of amides is 2. The van der Waals surface area contributed by atoms with E-state index in [2.05, 4.69) is 5.32 Å². The van der Waals surface area contributed by atoms with Crippen molar-refractivity contribution in [2.24, 2.45) is 0 Å². The van der Waals surface area contributed by atoms with Crippen LogP contribution in [0.5, 0.6) is 0 Å². The average Bonchev–Trinajstić information content (AvgIpc) is 2.71. The first kappa shape index (κ1) is 27.4. The van der Waals surface area contributed by atoms with Crippen molar-refractivity contribution in [3.63, 3.8) is 0 Å². The summed E-state index contributed by atoms with van der Waals surface area (Å²) in [5.41, 5.74) is 3.93. The smallest absolute Gasteiger partial charge is 0.244 e. The molecule has 0 aliphatic heterocycles. The summed E-state index contributed by atoms with van der Waals surface area (Å²) in [5, 5.41) is 2.90. The molecule has 1 atom stereocenters. The molecule has 34 heavy (non-hydrogen) atoms. The highest BCUT2D eigenvalue weighted by Crippen LogP contribution is 2.27. The quantitative estimate of drug-likeness (QED) is 0.554. The number of nitrogens with one attached hydrogen (secondary N) is 1. The molecule has 0 bridgehead atoms. The van der Waals surface area contributed by atoms with Gasteiger partial charge in [-0.2, -0.15) is 0 Å². The van der Waals surface area contributed by atoms with Crippen molar-refractivity contribution < 1.29 is 18.0 Å². The number of hydrogen-bond donors (Lipinski definition) is 1. The minimum absolute atomic E-state index is 0.0837. The number of benzene rings is 2. The molecule has 0 radical (unpaired) electrons. The standard InChI is InChI=1S/C26H37N3O4S/c1-8-23(26(31)27-18(2)3)28(16-22-14-9-11-19(4)15-22)24(30)17-29(34(7,32)33)25-20(5)12-10-13-21(25)6/h9-15,18,23H,8,16-17H2,1-7H3,(H,27,31)/t23-/m0/s1. The number of sulfonamides is 1. The number of hydrogen-bond acceptors (Lipinski definition) is 4. The Hall–Kier alpha value is -2.87. The number of carbonyl (C=O) groups excluding carboxylic acids is 2. The third-order valence-corrected chi connectivity index (χ3v) is 6.73. The maximum Gasteiger partial charge on any atom is 0.244 e. The van der Waals surface area contributed by atoms with Crippen LogP contribution < -0.4 is 9.62 Å². The van der Waals surface area contributed by atoms with Gasteiger partial charge in [0.15, 0.2) is 0 Å². The Morgan fingerprint density at radius 1 is 1.00 bits per heavy atom. The fraction of sp³-hybridized carbons (Fsp3) is 0.462. The highest BCUT2D eigenvalue weighted by atomic mass is 32.2. The van der Waals surface area contributed by atoms with E-state index in [1.54, 1.807) is 0 Å². The maximum absolute atomic E-state index is 13.7. The van der Waals surface area contributed by atoms with Crippen LogP contribution in [0.15, 0.2) is 42.5 Å². The number of rotatable bonds is 10. The molecular formula is C26H37N3O4S. The van der Waals surface area contributed by atoms with Gasteiger partial charge in [0, 0.05) is 12.6 Å². The summed E-state index contributed by atoms with van der Waals surface area (Å²) in [6.07, 6.45) is 1.50. The van der Waals surface area contributed by atoms with Gasteiger partial charge >= 0.3 is 0 Å². The van der Waals surface area contributed by atoms with Gasteiger partial charge in [0.25, 0.3) is 0 Å². The highest BCUT2D eigenvalue weighted by Gasteiger charge is 2.32. The van der Waals surface area contributed by atoms with Crippen LogP contribution in [0.4, 0.5) is 5.69 Å². The molecule has 0 aliphatic carbocycles. The normalized spacial score (nSPS) is 12.4. The van der Waals surface area contributed by atoms with E-state index in [1.807, 2.05) is 84.0 Å². The topological polar surface area (TPSA) is 86.8 Å². The first-order valence-corrected chi connectivity index (χ1v) is 13.4. The molecule has 0 saturated heterocycles. The van der Waals surface area contributed by atoms with E-state index in [1.165, 1.54) is 4.90 Å². The summed E-state index contributed by atoms with van der Waals surface area (Å²) >= 11 is 0. The predicted molar refractivity (Wildman–Crippen MR) is 137 cm³/mol. The summed E-state index contributed by atoms with van der Waals surface area (Å²) < 4.78 is 26.7. The van der Waals surface area contributed by atoms with Gasteiger partial charge in [-0.05, 0) is 57.7 Å². The van der Waals surface area contributed by atoms with Gasteiger partial charge in [-0.25, -0.2) is 8.42 Å². The van der Waals surface area contributed by atoms with Gasteiger partial charge in [-0.15, -0.1) is 0 Å². The largest absolute Gasteiger partial charge is 0.352 e. The van der Waals surface area contributed by atoms with E-state index < -0.39 is 22.0 Å². The van der Waals surface area contributed by atoms with Crippen molar-refractivity contribution in [2.45, 2.75) is 66.6 Å².